The highest BCUT2D eigenvalue weighted by Gasteiger charge is 2.12. The molecule has 0 amide bonds. The molecule has 1 atom stereocenters. The van der Waals surface area contributed by atoms with Gasteiger partial charge in [0.2, 0.25) is 0 Å². The maximum Gasteiger partial charge on any atom is 0.165 e. The number of para-hydroxylation sites is 1. The van der Waals surface area contributed by atoms with Crippen molar-refractivity contribution in [1.29, 1.82) is 0 Å². The minimum Gasteiger partial charge on any atom is -0.493 e. The van der Waals surface area contributed by atoms with Crippen LogP contribution in [0.25, 0.3) is 0 Å². The number of carbonyl (C=O) groups is 1. The molecule has 1 aromatic rings. The standard InChI is InChI=1S/C12H15FO2/c1-3-9(8-14)7-10-5-4-6-11(13)12(10)15-2/h4-6,8-9H,3,7H2,1-2H3. The van der Waals surface area contributed by atoms with Crippen LogP contribution in [0.5, 0.6) is 5.75 Å². The summed E-state index contributed by atoms with van der Waals surface area (Å²) in [7, 11) is 1.43. The van der Waals surface area contributed by atoms with Gasteiger partial charge in [0.25, 0.3) is 0 Å². The molecule has 0 N–H and O–H groups in total. The number of halogens is 1. The number of rotatable bonds is 5. The molecule has 0 heterocycles. The molecule has 15 heavy (non-hydrogen) atoms. The number of aldehydes is 1. The van der Waals surface area contributed by atoms with Gasteiger partial charge in [0.15, 0.2) is 11.6 Å². The number of ether oxygens (including phenoxy) is 1. The topological polar surface area (TPSA) is 26.3 Å². The lowest BCUT2D eigenvalue weighted by molar-refractivity contribution is -0.111. The van der Waals surface area contributed by atoms with E-state index in [-0.39, 0.29) is 17.5 Å². The van der Waals surface area contributed by atoms with Crippen LogP contribution in [0.2, 0.25) is 0 Å². The quantitative estimate of drug-likeness (QED) is 0.698. The third kappa shape index (κ3) is 2.78. The maximum atomic E-state index is 13.3. The second-order valence-electron chi connectivity index (χ2n) is 3.44. The van der Waals surface area contributed by atoms with E-state index < -0.39 is 0 Å². The van der Waals surface area contributed by atoms with E-state index in [1.807, 2.05) is 6.92 Å². The van der Waals surface area contributed by atoms with Crippen molar-refractivity contribution in [2.75, 3.05) is 7.11 Å². The predicted molar refractivity (Wildman–Crippen MR) is 56.5 cm³/mol. The van der Waals surface area contributed by atoms with Crippen molar-refractivity contribution in [1.82, 2.24) is 0 Å². The number of hydrogen-bond acceptors (Lipinski definition) is 2. The second-order valence-corrected chi connectivity index (χ2v) is 3.44. The van der Waals surface area contributed by atoms with Crippen molar-refractivity contribution in [3.05, 3.63) is 29.6 Å². The van der Waals surface area contributed by atoms with Crippen LogP contribution in [0.1, 0.15) is 18.9 Å². The summed E-state index contributed by atoms with van der Waals surface area (Å²) in [6.45, 7) is 1.94. The first kappa shape index (κ1) is 11.7. The number of carbonyl (C=O) groups excluding carboxylic acids is 1. The summed E-state index contributed by atoms with van der Waals surface area (Å²) in [6.07, 6.45) is 2.19. The Labute approximate surface area is 89.1 Å². The molecule has 0 aliphatic carbocycles. The molecule has 2 nitrogen and oxygen atoms in total. The molecule has 1 unspecified atom stereocenters. The number of methoxy groups -OCH3 is 1. The average molecular weight is 210 g/mol. The van der Waals surface area contributed by atoms with E-state index in [1.165, 1.54) is 13.2 Å². The third-order valence-electron chi connectivity index (χ3n) is 2.45. The van der Waals surface area contributed by atoms with E-state index in [2.05, 4.69) is 0 Å². The van der Waals surface area contributed by atoms with Crippen LogP contribution >= 0.6 is 0 Å². The van der Waals surface area contributed by atoms with Gasteiger partial charge in [-0.25, -0.2) is 4.39 Å². The molecular formula is C12H15FO2. The van der Waals surface area contributed by atoms with Crippen molar-refractivity contribution in [3.63, 3.8) is 0 Å². The monoisotopic (exact) mass is 210 g/mol. The van der Waals surface area contributed by atoms with Gasteiger partial charge in [-0.2, -0.15) is 0 Å². The lowest BCUT2D eigenvalue weighted by Gasteiger charge is -2.11. The first-order valence-corrected chi connectivity index (χ1v) is 4.99. The van der Waals surface area contributed by atoms with E-state index in [9.17, 15) is 9.18 Å². The molecule has 1 aromatic carbocycles. The normalized spacial score (nSPS) is 12.2. The van der Waals surface area contributed by atoms with Crippen LogP contribution in [0.15, 0.2) is 18.2 Å². The Bertz CT molecular complexity index is 336. The Balaban J connectivity index is 2.93. The van der Waals surface area contributed by atoms with Gasteiger partial charge in [-0.05, 0) is 24.5 Å². The summed E-state index contributed by atoms with van der Waals surface area (Å²) in [5, 5.41) is 0. The Hall–Kier alpha value is -1.38. The lowest BCUT2D eigenvalue weighted by Crippen LogP contribution is -2.06. The molecule has 82 valence electrons. The highest BCUT2D eigenvalue weighted by Crippen LogP contribution is 2.25. The van der Waals surface area contributed by atoms with Crippen molar-refractivity contribution in [2.45, 2.75) is 19.8 Å². The van der Waals surface area contributed by atoms with E-state index in [0.29, 0.717) is 6.42 Å². The second kappa shape index (κ2) is 5.49. The van der Waals surface area contributed by atoms with Gasteiger partial charge in [0, 0.05) is 5.92 Å². The fourth-order valence-corrected chi connectivity index (χ4v) is 1.51. The van der Waals surface area contributed by atoms with Gasteiger partial charge in [-0.1, -0.05) is 19.1 Å². The van der Waals surface area contributed by atoms with Crippen LogP contribution in [-0.4, -0.2) is 13.4 Å². The smallest absolute Gasteiger partial charge is 0.165 e. The molecule has 0 fully saturated rings. The molecular weight excluding hydrogens is 195 g/mol. The summed E-state index contributed by atoms with van der Waals surface area (Å²) in [6, 6.07) is 4.77. The van der Waals surface area contributed by atoms with E-state index in [4.69, 9.17) is 4.74 Å². The van der Waals surface area contributed by atoms with E-state index >= 15 is 0 Å². The molecule has 0 saturated carbocycles. The summed E-state index contributed by atoms with van der Waals surface area (Å²) in [5.74, 6) is -0.200. The van der Waals surface area contributed by atoms with Gasteiger partial charge in [0.1, 0.15) is 6.29 Å². The summed E-state index contributed by atoms with van der Waals surface area (Å²) >= 11 is 0. The third-order valence-corrected chi connectivity index (χ3v) is 2.45. The van der Waals surface area contributed by atoms with Gasteiger partial charge in [-0.15, -0.1) is 0 Å². The predicted octanol–water partition coefficient (Wildman–Crippen LogP) is 2.60. The summed E-state index contributed by atoms with van der Waals surface area (Å²) in [5.41, 5.74) is 0.747. The Kier molecular flexibility index (Phi) is 4.28. The highest BCUT2D eigenvalue weighted by molar-refractivity contribution is 5.55. The summed E-state index contributed by atoms with van der Waals surface area (Å²) < 4.78 is 18.3. The van der Waals surface area contributed by atoms with Crippen LogP contribution in [0.4, 0.5) is 4.39 Å². The van der Waals surface area contributed by atoms with Crippen LogP contribution in [-0.2, 0) is 11.2 Å². The first-order valence-electron chi connectivity index (χ1n) is 4.99. The molecule has 3 heteroatoms. The lowest BCUT2D eigenvalue weighted by atomic mass is 9.97. The largest absolute Gasteiger partial charge is 0.493 e. The Morgan fingerprint density at radius 1 is 1.53 bits per heavy atom. The highest BCUT2D eigenvalue weighted by atomic mass is 19.1. The fourth-order valence-electron chi connectivity index (χ4n) is 1.51. The van der Waals surface area contributed by atoms with Crippen molar-refractivity contribution in [2.24, 2.45) is 5.92 Å². The molecule has 0 bridgehead atoms. The number of hydrogen-bond donors (Lipinski definition) is 0. The molecule has 0 saturated heterocycles. The molecule has 0 radical (unpaired) electrons. The van der Waals surface area contributed by atoms with Crippen molar-refractivity contribution >= 4 is 6.29 Å². The zero-order valence-corrected chi connectivity index (χ0v) is 9.00. The molecule has 0 aromatic heterocycles. The van der Waals surface area contributed by atoms with Gasteiger partial charge < -0.3 is 9.53 Å². The summed E-state index contributed by atoms with van der Waals surface area (Å²) in [4.78, 5) is 10.7. The number of benzene rings is 1. The molecule has 1 rings (SSSR count). The van der Waals surface area contributed by atoms with E-state index in [0.717, 1.165) is 18.3 Å². The zero-order chi connectivity index (χ0) is 11.3. The SMILES string of the molecule is CCC(C=O)Cc1cccc(F)c1OC. The fraction of sp³-hybridized carbons (Fsp3) is 0.417. The van der Waals surface area contributed by atoms with Crippen LogP contribution < -0.4 is 4.74 Å². The van der Waals surface area contributed by atoms with Gasteiger partial charge in [0.05, 0.1) is 7.11 Å². The molecule has 0 aliphatic rings. The Morgan fingerprint density at radius 2 is 2.27 bits per heavy atom. The minimum atomic E-state index is -0.379. The van der Waals surface area contributed by atoms with Crippen LogP contribution in [0.3, 0.4) is 0 Å². The van der Waals surface area contributed by atoms with Crippen LogP contribution in [0, 0.1) is 11.7 Å². The van der Waals surface area contributed by atoms with Gasteiger partial charge >= 0.3 is 0 Å². The maximum absolute atomic E-state index is 13.3. The first-order chi connectivity index (χ1) is 7.22. The van der Waals surface area contributed by atoms with Crippen molar-refractivity contribution < 1.29 is 13.9 Å². The van der Waals surface area contributed by atoms with E-state index in [1.54, 1.807) is 12.1 Å². The van der Waals surface area contributed by atoms with Crippen molar-refractivity contribution in [3.8, 4) is 5.75 Å². The molecule has 0 aliphatic heterocycles. The van der Waals surface area contributed by atoms with Gasteiger partial charge in [-0.3, -0.25) is 0 Å². The Morgan fingerprint density at radius 3 is 2.80 bits per heavy atom. The zero-order valence-electron chi connectivity index (χ0n) is 9.00. The molecule has 0 spiro atoms. The minimum absolute atomic E-state index is 0.0688. The average Bonchev–Trinajstić information content (AvgIpc) is 2.26.